The van der Waals surface area contributed by atoms with Gasteiger partial charge in [0.25, 0.3) is 0 Å². The third-order valence-corrected chi connectivity index (χ3v) is 3.73. The van der Waals surface area contributed by atoms with Gasteiger partial charge in [0.05, 0.1) is 0 Å². The summed E-state index contributed by atoms with van der Waals surface area (Å²) in [5.41, 5.74) is 1.90. The highest BCUT2D eigenvalue weighted by Gasteiger charge is 2.31. The van der Waals surface area contributed by atoms with Gasteiger partial charge in [0.1, 0.15) is 5.82 Å². The van der Waals surface area contributed by atoms with E-state index in [2.05, 4.69) is 10.3 Å². The Morgan fingerprint density at radius 3 is 2.75 bits per heavy atom. The molecular weight excluding hydrogens is 255 g/mol. The Kier molecular flexibility index (Phi) is 3.46. The van der Waals surface area contributed by atoms with Crippen molar-refractivity contribution in [2.45, 2.75) is 12.3 Å². The SMILES string of the molecule is O=C1CC(C(c2cccnc2)c2cccc(F)c2)CN1. The number of nitrogens with one attached hydrogen (secondary N) is 1. The molecule has 0 saturated carbocycles. The number of hydrogen-bond acceptors (Lipinski definition) is 2. The second kappa shape index (κ2) is 5.41. The molecule has 102 valence electrons. The van der Waals surface area contributed by atoms with Gasteiger partial charge in [0, 0.05) is 31.3 Å². The van der Waals surface area contributed by atoms with Crippen LogP contribution >= 0.6 is 0 Å². The Balaban J connectivity index is 2.01. The summed E-state index contributed by atoms with van der Waals surface area (Å²) in [5.74, 6) is -0.0826. The van der Waals surface area contributed by atoms with Crippen molar-refractivity contribution < 1.29 is 9.18 Å². The van der Waals surface area contributed by atoms with E-state index in [4.69, 9.17) is 0 Å². The molecule has 3 nitrogen and oxygen atoms in total. The van der Waals surface area contributed by atoms with E-state index in [0.717, 1.165) is 11.1 Å². The van der Waals surface area contributed by atoms with Crippen molar-refractivity contribution in [3.8, 4) is 0 Å². The predicted molar refractivity (Wildman–Crippen MR) is 73.6 cm³/mol. The molecule has 0 bridgehead atoms. The lowest BCUT2D eigenvalue weighted by molar-refractivity contribution is -0.119. The molecule has 0 spiro atoms. The number of carbonyl (C=O) groups excluding carboxylic acids is 1. The van der Waals surface area contributed by atoms with Crippen LogP contribution in [-0.2, 0) is 4.79 Å². The Morgan fingerprint density at radius 2 is 2.10 bits per heavy atom. The normalized spacial score (nSPS) is 19.6. The lowest BCUT2D eigenvalue weighted by Gasteiger charge is -2.23. The second-order valence-corrected chi connectivity index (χ2v) is 5.09. The molecule has 1 aromatic carbocycles. The van der Waals surface area contributed by atoms with Crippen LogP contribution < -0.4 is 5.32 Å². The summed E-state index contributed by atoms with van der Waals surface area (Å²) < 4.78 is 13.5. The minimum Gasteiger partial charge on any atom is -0.356 e. The highest BCUT2D eigenvalue weighted by Crippen LogP contribution is 2.35. The van der Waals surface area contributed by atoms with E-state index in [9.17, 15) is 9.18 Å². The first kappa shape index (κ1) is 12.8. The quantitative estimate of drug-likeness (QED) is 0.931. The van der Waals surface area contributed by atoms with Gasteiger partial charge in [0.2, 0.25) is 5.91 Å². The zero-order chi connectivity index (χ0) is 13.9. The highest BCUT2D eigenvalue weighted by atomic mass is 19.1. The minimum absolute atomic E-state index is 0.0154. The smallest absolute Gasteiger partial charge is 0.220 e. The summed E-state index contributed by atoms with van der Waals surface area (Å²) in [4.78, 5) is 15.6. The third kappa shape index (κ3) is 2.54. The second-order valence-electron chi connectivity index (χ2n) is 5.09. The first-order chi connectivity index (χ1) is 9.74. The van der Waals surface area contributed by atoms with Crippen molar-refractivity contribution in [1.82, 2.24) is 10.3 Å². The van der Waals surface area contributed by atoms with Gasteiger partial charge < -0.3 is 5.32 Å². The summed E-state index contributed by atoms with van der Waals surface area (Å²) in [7, 11) is 0. The average molecular weight is 270 g/mol. The largest absolute Gasteiger partial charge is 0.356 e. The van der Waals surface area contributed by atoms with Crippen LogP contribution in [0, 0.1) is 11.7 Å². The van der Waals surface area contributed by atoms with Crippen molar-refractivity contribution in [3.05, 3.63) is 65.7 Å². The number of aromatic nitrogens is 1. The van der Waals surface area contributed by atoms with Gasteiger partial charge in [0.15, 0.2) is 0 Å². The highest BCUT2D eigenvalue weighted by molar-refractivity contribution is 5.78. The fourth-order valence-corrected chi connectivity index (χ4v) is 2.86. The van der Waals surface area contributed by atoms with Gasteiger partial charge in [-0.25, -0.2) is 4.39 Å². The van der Waals surface area contributed by atoms with Crippen LogP contribution in [0.15, 0.2) is 48.8 Å². The molecule has 1 aromatic heterocycles. The zero-order valence-electron chi connectivity index (χ0n) is 10.9. The fraction of sp³-hybridized carbons (Fsp3) is 0.250. The molecule has 0 aliphatic carbocycles. The molecule has 2 unspecified atom stereocenters. The summed E-state index contributed by atoms with van der Waals surface area (Å²) in [6.45, 7) is 0.620. The standard InChI is InChI=1S/C16H15FN2O/c17-14-5-1-3-11(7-14)16(12-4-2-6-18-9-12)13-8-15(20)19-10-13/h1-7,9,13,16H,8,10H2,(H,19,20). The number of pyridine rings is 1. The Labute approximate surface area is 116 Å². The maximum absolute atomic E-state index is 13.5. The van der Waals surface area contributed by atoms with Gasteiger partial charge in [-0.3, -0.25) is 9.78 Å². The zero-order valence-corrected chi connectivity index (χ0v) is 10.9. The molecule has 1 aliphatic rings. The molecule has 0 radical (unpaired) electrons. The van der Waals surface area contributed by atoms with Crippen molar-refractivity contribution in [2.75, 3.05) is 6.54 Å². The van der Waals surface area contributed by atoms with Gasteiger partial charge >= 0.3 is 0 Å². The number of carbonyl (C=O) groups is 1. The summed E-state index contributed by atoms with van der Waals surface area (Å²) in [6, 6.07) is 10.4. The van der Waals surface area contributed by atoms with Gasteiger partial charge in [-0.1, -0.05) is 18.2 Å². The average Bonchev–Trinajstić information content (AvgIpc) is 2.87. The monoisotopic (exact) mass is 270 g/mol. The van der Waals surface area contributed by atoms with E-state index in [-0.39, 0.29) is 23.6 Å². The predicted octanol–water partition coefficient (Wildman–Crippen LogP) is 2.49. The fourth-order valence-electron chi connectivity index (χ4n) is 2.86. The van der Waals surface area contributed by atoms with Gasteiger partial charge in [-0.15, -0.1) is 0 Å². The van der Waals surface area contributed by atoms with Gasteiger partial charge in [-0.05, 0) is 35.2 Å². The van der Waals surface area contributed by atoms with Crippen LogP contribution in [0.2, 0.25) is 0 Å². The summed E-state index contributed by atoms with van der Waals surface area (Å²) in [5, 5.41) is 2.85. The Morgan fingerprint density at radius 1 is 1.25 bits per heavy atom. The lowest BCUT2D eigenvalue weighted by atomic mass is 9.81. The van der Waals surface area contributed by atoms with E-state index in [1.54, 1.807) is 24.5 Å². The molecular formula is C16H15FN2O. The molecule has 1 saturated heterocycles. The van der Waals surface area contributed by atoms with E-state index in [0.29, 0.717) is 13.0 Å². The Hall–Kier alpha value is -2.23. The Bertz CT molecular complexity index is 615. The maximum atomic E-state index is 13.5. The van der Waals surface area contributed by atoms with Gasteiger partial charge in [-0.2, -0.15) is 0 Å². The number of amides is 1. The number of halogens is 1. The van der Waals surface area contributed by atoms with Crippen molar-refractivity contribution in [1.29, 1.82) is 0 Å². The molecule has 1 amide bonds. The topological polar surface area (TPSA) is 42.0 Å². The number of nitrogens with zero attached hydrogens (tertiary/aromatic N) is 1. The first-order valence-electron chi connectivity index (χ1n) is 6.66. The van der Waals surface area contributed by atoms with Crippen LogP contribution in [0.1, 0.15) is 23.5 Å². The van der Waals surface area contributed by atoms with Crippen LogP contribution in [0.25, 0.3) is 0 Å². The number of benzene rings is 1. The summed E-state index contributed by atoms with van der Waals surface area (Å²) in [6.07, 6.45) is 3.97. The molecule has 4 heteroatoms. The minimum atomic E-state index is -0.256. The maximum Gasteiger partial charge on any atom is 0.220 e. The van der Waals surface area contributed by atoms with Crippen LogP contribution in [0.3, 0.4) is 0 Å². The molecule has 20 heavy (non-hydrogen) atoms. The van der Waals surface area contributed by atoms with Crippen molar-refractivity contribution in [2.24, 2.45) is 5.92 Å². The molecule has 1 N–H and O–H groups in total. The number of hydrogen-bond donors (Lipinski definition) is 1. The van der Waals surface area contributed by atoms with E-state index < -0.39 is 0 Å². The molecule has 3 rings (SSSR count). The molecule has 2 heterocycles. The number of rotatable bonds is 3. The van der Waals surface area contributed by atoms with Crippen molar-refractivity contribution in [3.63, 3.8) is 0 Å². The molecule has 1 fully saturated rings. The molecule has 2 aromatic rings. The summed E-state index contributed by atoms with van der Waals surface area (Å²) >= 11 is 0. The van der Waals surface area contributed by atoms with Crippen molar-refractivity contribution >= 4 is 5.91 Å². The van der Waals surface area contributed by atoms with Crippen LogP contribution in [0.5, 0.6) is 0 Å². The lowest BCUT2D eigenvalue weighted by Crippen LogP contribution is -2.18. The molecule has 2 atom stereocenters. The first-order valence-corrected chi connectivity index (χ1v) is 6.66. The van der Waals surface area contributed by atoms with E-state index in [1.807, 2.05) is 18.2 Å². The van der Waals surface area contributed by atoms with E-state index >= 15 is 0 Å². The van der Waals surface area contributed by atoms with E-state index in [1.165, 1.54) is 6.07 Å². The third-order valence-electron chi connectivity index (χ3n) is 3.73. The van der Waals surface area contributed by atoms with Crippen LogP contribution in [0.4, 0.5) is 4.39 Å². The molecule has 1 aliphatic heterocycles. The van der Waals surface area contributed by atoms with Crippen LogP contribution in [-0.4, -0.2) is 17.4 Å².